The van der Waals surface area contributed by atoms with Gasteiger partial charge >= 0.3 is 0 Å². The Morgan fingerprint density at radius 1 is 0.808 bits per heavy atom. The van der Waals surface area contributed by atoms with Crippen LogP contribution in [0.2, 0.25) is 0 Å². The Bertz CT molecular complexity index is 930. The van der Waals surface area contributed by atoms with Gasteiger partial charge in [-0.15, -0.1) is 0 Å². The van der Waals surface area contributed by atoms with Crippen LogP contribution >= 0.6 is 0 Å². The molecule has 0 atom stereocenters. The molecule has 0 aliphatic carbocycles. The highest BCUT2D eigenvalue weighted by Gasteiger charge is 2.37. The summed E-state index contributed by atoms with van der Waals surface area (Å²) in [5.74, 6) is -0.212. The van der Waals surface area contributed by atoms with Crippen molar-refractivity contribution in [1.82, 2.24) is 9.55 Å². The van der Waals surface area contributed by atoms with Crippen LogP contribution in [0.25, 0.3) is 0 Å². The summed E-state index contributed by atoms with van der Waals surface area (Å²) in [7, 11) is 0.295. The van der Waals surface area contributed by atoms with Gasteiger partial charge in [0.05, 0.1) is 11.5 Å². The number of hydrogen-bond acceptors (Lipinski definition) is 1. The summed E-state index contributed by atoms with van der Waals surface area (Å²) in [5, 5.41) is 0.485. The highest BCUT2D eigenvalue weighted by Crippen LogP contribution is 2.33. The van der Waals surface area contributed by atoms with Crippen LogP contribution in [0.4, 0.5) is 4.39 Å². The zero-order valence-electron chi connectivity index (χ0n) is 14.1. The van der Waals surface area contributed by atoms with Crippen molar-refractivity contribution in [2.75, 3.05) is 0 Å². The van der Waals surface area contributed by atoms with Gasteiger partial charge in [-0.05, 0) is 23.3 Å². The van der Waals surface area contributed by atoms with Crippen molar-refractivity contribution in [2.24, 2.45) is 0 Å². The molecule has 3 aromatic carbocycles. The maximum Gasteiger partial charge on any atom is 0.127 e. The Balaban J connectivity index is 1.98. The largest absolute Gasteiger partial charge is 0.326 e. The van der Waals surface area contributed by atoms with Crippen LogP contribution in [0.3, 0.4) is 0 Å². The molecule has 126 valence electrons. The van der Waals surface area contributed by atoms with Crippen LogP contribution in [0.5, 0.6) is 0 Å². The Labute approximate surface area is 154 Å². The molecule has 0 aliphatic rings. The van der Waals surface area contributed by atoms with E-state index in [0.717, 1.165) is 16.3 Å². The van der Waals surface area contributed by atoms with Gasteiger partial charge in [-0.2, -0.15) is 0 Å². The summed E-state index contributed by atoms with van der Waals surface area (Å²) in [5.41, 5.74) is 2.29. The van der Waals surface area contributed by atoms with Crippen LogP contribution in [0, 0.1) is 5.82 Å². The van der Waals surface area contributed by atoms with Gasteiger partial charge in [-0.3, -0.25) is 0 Å². The van der Waals surface area contributed by atoms with Gasteiger partial charge in [0.15, 0.2) is 0 Å². The lowest BCUT2D eigenvalue weighted by atomic mass is 9.97. The highest BCUT2D eigenvalue weighted by atomic mass is 28.2. The van der Waals surface area contributed by atoms with E-state index in [-0.39, 0.29) is 5.82 Å². The third-order valence-corrected chi connectivity index (χ3v) is 6.22. The van der Waals surface area contributed by atoms with Crippen LogP contribution in [-0.2, 0) is 5.16 Å². The zero-order chi connectivity index (χ0) is 17.8. The number of rotatable bonds is 5. The Hall–Kier alpha value is -2.98. The highest BCUT2D eigenvalue weighted by molar-refractivity contribution is 6.57. The third kappa shape index (κ3) is 3.00. The smallest absolute Gasteiger partial charge is 0.127 e. The molecule has 0 saturated heterocycles. The molecule has 0 bridgehead atoms. The lowest BCUT2D eigenvalue weighted by Crippen LogP contribution is -2.46. The van der Waals surface area contributed by atoms with Gasteiger partial charge in [0.2, 0.25) is 0 Å². The number of halogens is 1. The van der Waals surface area contributed by atoms with Crippen LogP contribution in [0.15, 0.2) is 104 Å². The molecule has 2 radical (unpaired) electrons. The lowest BCUT2D eigenvalue weighted by molar-refractivity contribution is 0.596. The quantitative estimate of drug-likeness (QED) is 0.497. The number of imidazole rings is 1. The Morgan fingerprint density at radius 3 is 2.00 bits per heavy atom. The molecule has 4 aromatic rings. The van der Waals surface area contributed by atoms with Crippen molar-refractivity contribution in [1.29, 1.82) is 0 Å². The SMILES string of the molecule is Fc1cccc([Si]C(c2ccccc2)(c2ccccc2)n2ccnc2)c1. The van der Waals surface area contributed by atoms with Crippen LogP contribution in [-0.4, -0.2) is 19.1 Å². The van der Waals surface area contributed by atoms with Gasteiger partial charge in [0.1, 0.15) is 15.3 Å². The van der Waals surface area contributed by atoms with E-state index in [4.69, 9.17) is 0 Å². The molecule has 4 rings (SSSR count). The minimum absolute atomic E-state index is 0.212. The average molecular weight is 356 g/mol. The Kier molecular flexibility index (Phi) is 4.50. The van der Waals surface area contributed by atoms with E-state index in [0.29, 0.717) is 9.52 Å². The van der Waals surface area contributed by atoms with Gasteiger partial charge in [-0.25, -0.2) is 9.37 Å². The van der Waals surface area contributed by atoms with Crippen LogP contribution in [0.1, 0.15) is 11.1 Å². The van der Waals surface area contributed by atoms with Crippen molar-refractivity contribution >= 4 is 14.7 Å². The van der Waals surface area contributed by atoms with Gasteiger partial charge < -0.3 is 4.57 Å². The third-order valence-electron chi connectivity index (χ3n) is 4.42. The van der Waals surface area contributed by atoms with Gasteiger partial charge in [-0.1, -0.05) is 78.0 Å². The fourth-order valence-electron chi connectivity index (χ4n) is 3.27. The molecule has 0 unspecified atom stereocenters. The number of aromatic nitrogens is 2. The summed E-state index contributed by atoms with van der Waals surface area (Å²) in [6.45, 7) is 0. The van der Waals surface area contributed by atoms with Crippen molar-refractivity contribution in [3.05, 3.63) is 121 Å². The predicted molar refractivity (Wildman–Crippen MR) is 103 cm³/mol. The van der Waals surface area contributed by atoms with Crippen molar-refractivity contribution < 1.29 is 4.39 Å². The Morgan fingerprint density at radius 2 is 1.46 bits per heavy atom. The van der Waals surface area contributed by atoms with E-state index < -0.39 is 5.16 Å². The molecule has 0 aliphatic heterocycles. The monoisotopic (exact) mass is 356 g/mol. The second-order valence-corrected chi connectivity index (χ2v) is 7.60. The maximum atomic E-state index is 13.9. The van der Waals surface area contributed by atoms with E-state index in [1.807, 2.05) is 55.0 Å². The maximum absolute atomic E-state index is 13.9. The summed E-state index contributed by atoms with van der Waals surface area (Å²) in [6, 6.07) is 27.5. The van der Waals surface area contributed by atoms with Gasteiger partial charge in [0, 0.05) is 12.4 Å². The van der Waals surface area contributed by atoms with E-state index in [2.05, 4.69) is 33.8 Å². The summed E-state index contributed by atoms with van der Waals surface area (Å²) in [4.78, 5) is 4.29. The molecule has 0 spiro atoms. The standard InChI is InChI=1S/C22H17FN2Si/c23-20-12-7-13-21(16-20)26-22(25-15-14-24-17-25,18-8-3-1-4-9-18)19-10-5-2-6-11-19/h1-17H. The van der Waals surface area contributed by atoms with Crippen LogP contribution < -0.4 is 5.19 Å². The first-order chi connectivity index (χ1) is 12.8. The van der Waals surface area contributed by atoms with Crippen molar-refractivity contribution in [2.45, 2.75) is 5.16 Å². The van der Waals surface area contributed by atoms with E-state index in [9.17, 15) is 4.39 Å². The summed E-state index contributed by atoms with van der Waals surface area (Å²) in [6.07, 6.45) is 5.61. The second-order valence-electron chi connectivity index (χ2n) is 6.05. The van der Waals surface area contributed by atoms with E-state index in [1.165, 1.54) is 6.07 Å². The fraction of sp³-hybridized carbons (Fsp3) is 0.0455. The van der Waals surface area contributed by atoms with E-state index in [1.54, 1.807) is 18.3 Å². The zero-order valence-corrected chi connectivity index (χ0v) is 15.1. The van der Waals surface area contributed by atoms with Crippen molar-refractivity contribution in [3.8, 4) is 0 Å². The normalized spacial score (nSPS) is 11.4. The molecule has 0 amide bonds. The molecular formula is C22H17FN2Si. The molecule has 2 nitrogen and oxygen atoms in total. The topological polar surface area (TPSA) is 17.8 Å². The minimum atomic E-state index is -0.479. The van der Waals surface area contributed by atoms with Gasteiger partial charge in [0.25, 0.3) is 0 Å². The number of hydrogen-bond donors (Lipinski definition) is 0. The lowest BCUT2D eigenvalue weighted by Gasteiger charge is -2.36. The molecule has 4 heteroatoms. The van der Waals surface area contributed by atoms with E-state index >= 15 is 0 Å². The first-order valence-corrected chi connectivity index (χ1v) is 9.42. The minimum Gasteiger partial charge on any atom is -0.326 e. The first kappa shape index (κ1) is 16.5. The molecule has 1 heterocycles. The summed E-state index contributed by atoms with van der Waals surface area (Å²) >= 11 is 0. The first-order valence-electron chi connectivity index (χ1n) is 8.42. The fourth-order valence-corrected chi connectivity index (χ4v) is 4.96. The number of nitrogens with zero attached hydrogens (tertiary/aromatic N) is 2. The second kappa shape index (κ2) is 7.10. The predicted octanol–water partition coefficient (Wildman–Crippen LogP) is 3.80. The van der Waals surface area contributed by atoms with Crippen molar-refractivity contribution in [3.63, 3.8) is 0 Å². The number of benzene rings is 3. The summed E-state index contributed by atoms with van der Waals surface area (Å²) < 4.78 is 16.0. The average Bonchev–Trinajstić information content (AvgIpc) is 3.23. The molecule has 0 N–H and O–H groups in total. The molecule has 1 aromatic heterocycles. The molecule has 0 saturated carbocycles. The molecule has 26 heavy (non-hydrogen) atoms. The molecular weight excluding hydrogens is 339 g/mol. The molecule has 0 fully saturated rings.